The second-order valence-electron chi connectivity index (χ2n) is 4.45. The van der Waals surface area contributed by atoms with Crippen LogP contribution in [0.15, 0.2) is 28.7 Å². The fourth-order valence-corrected chi connectivity index (χ4v) is 2.60. The molecule has 0 unspecified atom stereocenters. The predicted octanol–water partition coefficient (Wildman–Crippen LogP) is 2.70. The molecule has 0 aliphatic carbocycles. The van der Waals surface area contributed by atoms with E-state index in [1.807, 2.05) is 43.0 Å². The molecule has 1 aliphatic rings. The molecule has 3 nitrogen and oxygen atoms in total. The maximum Gasteiger partial charge on any atom is 0.255 e. The Morgan fingerprint density at radius 1 is 1.29 bits per heavy atom. The van der Waals surface area contributed by atoms with Gasteiger partial charge in [0, 0.05) is 17.6 Å². The summed E-state index contributed by atoms with van der Waals surface area (Å²) >= 11 is 3.41. The number of halogens is 1. The van der Waals surface area contributed by atoms with Gasteiger partial charge in [-0.05, 0) is 41.9 Å². The summed E-state index contributed by atoms with van der Waals surface area (Å²) in [7, 11) is 0. The molecule has 4 heteroatoms. The number of morpholine rings is 1. The van der Waals surface area contributed by atoms with E-state index in [0.717, 1.165) is 4.47 Å². The summed E-state index contributed by atoms with van der Waals surface area (Å²) < 4.78 is 6.47. The van der Waals surface area contributed by atoms with Crippen LogP contribution in [0.3, 0.4) is 0 Å². The van der Waals surface area contributed by atoms with Crippen molar-refractivity contribution in [2.75, 3.05) is 13.1 Å². The van der Waals surface area contributed by atoms with Crippen LogP contribution in [0.4, 0.5) is 0 Å². The van der Waals surface area contributed by atoms with Gasteiger partial charge < -0.3 is 9.64 Å². The van der Waals surface area contributed by atoms with Gasteiger partial charge in [0.1, 0.15) is 0 Å². The zero-order chi connectivity index (χ0) is 12.4. The summed E-state index contributed by atoms with van der Waals surface area (Å²) in [5.74, 6) is 0.0690. The van der Waals surface area contributed by atoms with Crippen LogP contribution in [0.2, 0.25) is 0 Å². The Balaban J connectivity index is 2.17. The van der Waals surface area contributed by atoms with Crippen LogP contribution in [0, 0.1) is 0 Å². The van der Waals surface area contributed by atoms with E-state index in [4.69, 9.17) is 4.74 Å². The number of amides is 1. The number of hydrogen-bond acceptors (Lipinski definition) is 2. The topological polar surface area (TPSA) is 29.5 Å². The molecule has 1 aliphatic heterocycles. The summed E-state index contributed by atoms with van der Waals surface area (Å²) in [4.78, 5) is 14.2. The quantitative estimate of drug-likeness (QED) is 0.798. The average Bonchev–Trinajstić information content (AvgIpc) is 2.27. The second kappa shape index (κ2) is 5.19. The third-order valence-electron chi connectivity index (χ3n) is 2.81. The van der Waals surface area contributed by atoms with Crippen molar-refractivity contribution in [2.45, 2.75) is 26.1 Å². The van der Waals surface area contributed by atoms with Gasteiger partial charge in [-0.1, -0.05) is 12.1 Å². The molecule has 0 bridgehead atoms. The molecule has 92 valence electrons. The van der Waals surface area contributed by atoms with Gasteiger partial charge in [0.05, 0.1) is 17.8 Å². The maximum absolute atomic E-state index is 12.4. The number of carbonyl (C=O) groups excluding carboxylic acids is 1. The van der Waals surface area contributed by atoms with Crippen molar-refractivity contribution in [2.24, 2.45) is 0 Å². The normalized spacial score (nSPS) is 24.8. The molecule has 1 saturated heterocycles. The number of rotatable bonds is 1. The van der Waals surface area contributed by atoms with Crippen LogP contribution in [0.1, 0.15) is 24.2 Å². The predicted molar refractivity (Wildman–Crippen MR) is 70.1 cm³/mol. The average molecular weight is 298 g/mol. The first-order valence-electron chi connectivity index (χ1n) is 5.77. The van der Waals surface area contributed by atoms with Crippen molar-refractivity contribution >= 4 is 21.8 Å². The Kier molecular flexibility index (Phi) is 3.84. The smallest absolute Gasteiger partial charge is 0.255 e. The van der Waals surface area contributed by atoms with Crippen LogP contribution in [0.5, 0.6) is 0 Å². The van der Waals surface area contributed by atoms with Gasteiger partial charge >= 0.3 is 0 Å². The third-order valence-corrected chi connectivity index (χ3v) is 3.50. The van der Waals surface area contributed by atoms with Crippen molar-refractivity contribution in [3.8, 4) is 0 Å². The van der Waals surface area contributed by atoms with Gasteiger partial charge in [0.15, 0.2) is 0 Å². The van der Waals surface area contributed by atoms with Gasteiger partial charge in [-0.25, -0.2) is 0 Å². The molecule has 17 heavy (non-hydrogen) atoms. The monoisotopic (exact) mass is 297 g/mol. The third kappa shape index (κ3) is 2.87. The Bertz CT molecular complexity index is 412. The molecule has 0 N–H and O–H groups in total. The molecule has 0 saturated carbocycles. The first-order valence-corrected chi connectivity index (χ1v) is 6.56. The summed E-state index contributed by atoms with van der Waals surface area (Å²) in [5, 5.41) is 0. The SMILES string of the molecule is C[C@@H]1CN(C(=O)c2ccccc2Br)C[C@H](C)O1. The molecular formula is C13H16BrNO2. The second-order valence-corrected chi connectivity index (χ2v) is 5.30. The molecule has 0 aromatic heterocycles. The fourth-order valence-electron chi connectivity index (χ4n) is 2.15. The number of ether oxygens (including phenoxy) is 1. The number of benzene rings is 1. The van der Waals surface area contributed by atoms with Crippen LogP contribution >= 0.6 is 15.9 Å². The van der Waals surface area contributed by atoms with E-state index in [2.05, 4.69) is 15.9 Å². The van der Waals surface area contributed by atoms with Gasteiger partial charge in [-0.2, -0.15) is 0 Å². The van der Waals surface area contributed by atoms with E-state index < -0.39 is 0 Å². The lowest BCUT2D eigenvalue weighted by Gasteiger charge is -2.35. The summed E-state index contributed by atoms with van der Waals surface area (Å²) in [6.45, 7) is 5.31. The van der Waals surface area contributed by atoms with Crippen LogP contribution in [-0.4, -0.2) is 36.1 Å². The molecule has 1 heterocycles. The van der Waals surface area contributed by atoms with E-state index >= 15 is 0 Å². The summed E-state index contributed by atoms with van der Waals surface area (Å²) in [6, 6.07) is 7.52. The standard InChI is InChI=1S/C13H16BrNO2/c1-9-7-15(8-10(2)17-9)13(16)11-5-3-4-6-12(11)14/h3-6,9-10H,7-8H2,1-2H3/t9-,10+. The molecule has 1 aromatic carbocycles. The van der Waals surface area contributed by atoms with Crippen molar-refractivity contribution in [3.05, 3.63) is 34.3 Å². The Morgan fingerprint density at radius 3 is 2.47 bits per heavy atom. The molecule has 0 spiro atoms. The van der Waals surface area contributed by atoms with E-state index in [-0.39, 0.29) is 18.1 Å². The first-order chi connectivity index (χ1) is 8.08. The first kappa shape index (κ1) is 12.6. The van der Waals surface area contributed by atoms with Crippen molar-refractivity contribution in [3.63, 3.8) is 0 Å². The van der Waals surface area contributed by atoms with Gasteiger partial charge in [0.2, 0.25) is 0 Å². The lowest BCUT2D eigenvalue weighted by atomic mass is 10.1. The molecule has 1 fully saturated rings. The largest absolute Gasteiger partial charge is 0.372 e. The summed E-state index contributed by atoms with van der Waals surface area (Å²) in [6.07, 6.45) is 0.204. The van der Waals surface area contributed by atoms with E-state index in [9.17, 15) is 4.79 Å². The van der Waals surface area contributed by atoms with Gasteiger partial charge in [0.25, 0.3) is 5.91 Å². The van der Waals surface area contributed by atoms with Crippen LogP contribution in [-0.2, 0) is 4.74 Å². The highest BCUT2D eigenvalue weighted by Gasteiger charge is 2.27. The zero-order valence-corrected chi connectivity index (χ0v) is 11.6. The fraction of sp³-hybridized carbons (Fsp3) is 0.462. The number of hydrogen-bond donors (Lipinski definition) is 0. The van der Waals surface area contributed by atoms with Gasteiger partial charge in [-0.15, -0.1) is 0 Å². The highest BCUT2D eigenvalue weighted by atomic mass is 79.9. The Hall–Kier alpha value is -0.870. The van der Waals surface area contributed by atoms with E-state index in [1.54, 1.807) is 0 Å². The molecule has 0 radical (unpaired) electrons. The molecule has 1 amide bonds. The maximum atomic E-state index is 12.4. The molecule has 1 aromatic rings. The molecular weight excluding hydrogens is 282 g/mol. The highest BCUT2D eigenvalue weighted by Crippen LogP contribution is 2.20. The van der Waals surface area contributed by atoms with Crippen LogP contribution < -0.4 is 0 Å². The number of nitrogens with zero attached hydrogens (tertiary/aromatic N) is 1. The van der Waals surface area contributed by atoms with Crippen molar-refractivity contribution in [1.29, 1.82) is 0 Å². The summed E-state index contributed by atoms with van der Waals surface area (Å²) in [5.41, 5.74) is 0.716. The molecule has 2 atom stereocenters. The number of carbonyl (C=O) groups is 1. The van der Waals surface area contributed by atoms with Crippen LogP contribution in [0.25, 0.3) is 0 Å². The lowest BCUT2D eigenvalue weighted by Crippen LogP contribution is -2.48. The highest BCUT2D eigenvalue weighted by molar-refractivity contribution is 9.10. The zero-order valence-electron chi connectivity index (χ0n) is 10.0. The molecule has 2 rings (SSSR count). The van der Waals surface area contributed by atoms with Gasteiger partial charge in [-0.3, -0.25) is 4.79 Å². The minimum absolute atomic E-state index is 0.0690. The van der Waals surface area contributed by atoms with Crippen molar-refractivity contribution in [1.82, 2.24) is 4.90 Å². The Labute approximate surface area is 110 Å². The lowest BCUT2D eigenvalue weighted by molar-refractivity contribution is -0.0586. The van der Waals surface area contributed by atoms with E-state index in [1.165, 1.54) is 0 Å². The van der Waals surface area contributed by atoms with Crippen molar-refractivity contribution < 1.29 is 9.53 Å². The minimum Gasteiger partial charge on any atom is -0.372 e. The van der Waals surface area contributed by atoms with E-state index in [0.29, 0.717) is 18.7 Å². The Morgan fingerprint density at radius 2 is 1.88 bits per heavy atom. The minimum atomic E-state index is 0.0690.